The van der Waals surface area contributed by atoms with E-state index in [9.17, 15) is 0 Å². The lowest BCUT2D eigenvalue weighted by molar-refractivity contribution is 0.295. The molecule has 1 N–H and O–H groups in total. The van der Waals surface area contributed by atoms with Crippen LogP contribution in [0.3, 0.4) is 0 Å². The van der Waals surface area contributed by atoms with Gasteiger partial charge in [0.25, 0.3) is 0 Å². The SMILES string of the molecule is CNc1ccc(OC2CC2)c(C(C)(C)C)c1. The molecule has 16 heavy (non-hydrogen) atoms. The van der Waals surface area contributed by atoms with E-state index < -0.39 is 0 Å². The van der Waals surface area contributed by atoms with E-state index in [1.54, 1.807) is 0 Å². The highest BCUT2D eigenvalue weighted by Gasteiger charge is 2.27. The number of hydrogen-bond acceptors (Lipinski definition) is 2. The average molecular weight is 219 g/mol. The lowest BCUT2D eigenvalue weighted by atomic mass is 9.86. The molecule has 0 radical (unpaired) electrons. The Kier molecular flexibility index (Phi) is 2.83. The van der Waals surface area contributed by atoms with Crippen LogP contribution in [0.25, 0.3) is 0 Å². The van der Waals surface area contributed by atoms with Gasteiger partial charge in [0.2, 0.25) is 0 Å². The van der Waals surface area contributed by atoms with Crippen LogP contribution < -0.4 is 10.1 Å². The largest absolute Gasteiger partial charge is 0.490 e. The van der Waals surface area contributed by atoms with Gasteiger partial charge in [-0.15, -0.1) is 0 Å². The molecule has 1 saturated carbocycles. The summed E-state index contributed by atoms with van der Waals surface area (Å²) in [4.78, 5) is 0. The number of rotatable bonds is 3. The summed E-state index contributed by atoms with van der Waals surface area (Å²) in [5.74, 6) is 1.05. The van der Waals surface area contributed by atoms with Crippen molar-refractivity contribution in [1.29, 1.82) is 0 Å². The van der Waals surface area contributed by atoms with Gasteiger partial charge in [0.1, 0.15) is 5.75 Å². The molecule has 0 aromatic heterocycles. The highest BCUT2D eigenvalue weighted by atomic mass is 16.5. The van der Waals surface area contributed by atoms with Crippen molar-refractivity contribution in [3.63, 3.8) is 0 Å². The predicted molar refractivity (Wildman–Crippen MR) is 68.3 cm³/mol. The number of nitrogens with one attached hydrogen (secondary N) is 1. The van der Waals surface area contributed by atoms with Crippen molar-refractivity contribution < 1.29 is 4.74 Å². The van der Waals surface area contributed by atoms with E-state index in [1.165, 1.54) is 18.4 Å². The topological polar surface area (TPSA) is 21.3 Å². The summed E-state index contributed by atoms with van der Waals surface area (Å²) in [5, 5.41) is 3.18. The molecule has 0 bridgehead atoms. The first-order valence-electron chi connectivity index (χ1n) is 5.99. The van der Waals surface area contributed by atoms with Crippen LogP contribution in [0, 0.1) is 0 Å². The van der Waals surface area contributed by atoms with Crippen molar-refractivity contribution in [3.05, 3.63) is 23.8 Å². The molecular formula is C14H21NO. The highest BCUT2D eigenvalue weighted by Crippen LogP contribution is 2.36. The Morgan fingerprint density at radius 2 is 1.94 bits per heavy atom. The Morgan fingerprint density at radius 3 is 2.44 bits per heavy atom. The Morgan fingerprint density at radius 1 is 1.25 bits per heavy atom. The molecule has 2 rings (SSSR count). The monoisotopic (exact) mass is 219 g/mol. The molecule has 1 fully saturated rings. The van der Waals surface area contributed by atoms with Crippen molar-refractivity contribution in [2.75, 3.05) is 12.4 Å². The number of ether oxygens (including phenoxy) is 1. The smallest absolute Gasteiger partial charge is 0.123 e. The quantitative estimate of drug-likeness (QED) is 0.839. The fraction of sp³-hybridized carbons (Fsp3) is 0.571. The van der Waals surface area contributed by atoms with Gasteiger partial charge in [-0.3, -0.25) is 0 Å². The molecule has 1 aromatic rings. The Labute approximate surface area is 98.0 Å². The van der Waals surface area contributed by atoms with Crippen molar-refractivity contribution >= 4 is 5.69 Å². The van der Waals surface area contributed by atoms with E-state index in [2.05, 4.69) is 44.3 Å². The summed E-state index contributed by atoms with van der Waals surface area (Å²) in [7, 11) is 1.95. The van der Waals surface area contributed by atoms with Gasteiger partial charge in [0.05, 0.1) is 6.10 Å². The molecular weight excluding hydrogens is 198 g/mol. The van der Waals surface area contributed by atoms with Crippen LogP contribution in [-0.2, 0) is 5.41 Å². The molecule has 1 aliphatic carbocycles. The van der Waals surface area contributed by atoms with E-state index in [0.29, 0.717) is 6.10 Å². The minimum Gasteiger partial charge on any atom is -0.490 e. The Balaban J connectivity index is 2.33. The van der Waals surface area contributed by atoms with E-state index in [0.717, 1.165) is 11.4 Å². The zero-order valence-corrected chi connectivity index (χ0v) is 10.6. The van der Waals surface area contributed by atoms with Gasteiger partial charge < -0.3 is 10.1 Å². The maximum atomic E-state index is 5.95. The maximum Gasteiger partial charge on any atom is 0.123 e. The lowest BCUT2D eigenvalue weighted by Crippen LogP contribution is -2.14. The fourth-order valence-electron chi connectivity index (χ4n) is 1.74. The Hall–Kier alpha value is -1.18. The molecule has 0 atom stereocenters. The van der Waals surface area contributed by atoms with Gasteiger partial charge in [0, 0.05) is 18.3 Å². The second-order valence-electron chi connectivity index (χ2n) is 5.53. The second kappa shape index (κ2) is 4.00. The molecule has 2 heteroatoms. The van der Waals surface area contributed by atoms with E-state index in [-0.39, 0.29) is 5.41 Å². The van der Waals surface area contributed by atoms with Gasteiger partial charge in [-0.25, -0.2) is 0 Å². The predicted octanol–water partition coefficient (Wildman–Crippen LogP) is 3.57. The van der Waals surface area contributed by atoms with Gasteiger partial charge in [0.15, 0.2) is 0 Å². The number of hydrogen-bond donors (Lipinski definition) is 1. The molecule has 1 aliphatic rings. The lowest BCUT2D eigenvalue weighted by Gasteiger charge is -2.23. The van der Waals surface area contributed by atoms with Gasteiger partial charge in [-0.05, 0) is 36.5 Å². The molecule has 88 valence electrons. The Bertz CT molecular complexity index is 375. The highest BCUT2D eigenvalue weighted by molar-refractivity contribution is 5.53. The molecule has 0 saturated heterocycles. The molecule has 0 heterocycles. The standard InChI is InChI=1S/C14H21NO/c1-14(2,3)12-9-10(15-4)5-8-13(12)16-11-6-7-11/h5,8-9,11,15H,6-7H2,1-4H3. The van der Waals surface area contributed by atoms with Crippen molar-refractivity contribution in [1.82, 2.24) is 0 Å². The first kappa shape index (κ1) is 11.3. The third-order valence-corrected chi connectivity index (χ3v) is 2.89. The van der Waals surface area contributed by atoms with Gasteiger partial charge in [-0.2, -0.15) is 0 Å². The second-order valence-corrected chi connectivity index (χ2v) is 5.53. The normalized spacial score (nSPS) is 16.0. The van der Waals surface area contributed by atoms with Crippen LogP contribution in [0.4, 0.5) is 5.69 Å². The summed E-state index contributed by atoms with van der Waals surface area (Å²) in [6.07, 6.45) is 2.87. The zero-order chi connectivity index (χ0) is 11.8. The molecule has 0 spiro atoms. The van der Waals surface area contributed by atoms with Crippen molar-refractivity contribution in [3.8, 4) is 5.75 Å². The van der Waals surface area contributed by atoms with Crippen LogP contribution in [-0.4, -0.2) is 13.2 Å². The summed E-state index contributed by atoms with van der Waals surface area (Å²) >= 11 is 0. The van der Waals surface area contributed by atoms with Crippen LogP contribution >= 0.6 is 0 Å². The maximum absolute atomic E-state index is 5.95. The summed E-state index contributed by atoms with van der Waals surface area (Å²) in [6, 6.07) is 6.36. The molecule has 1 aromatic carbocycles. The zero-order valence-electron chi connectivity index (χ0n) is 10.6. The molecule has 2 nitrogen and oxygen atoms in total. The molecule has 0 aliphatic heterocycles. The molecule has 0 amide bonds. The molecule has 0 unspecified atom stereocenters. The first-order valence-corrected chi connectivity index (χ1v) is 5.99. The van der Waals surface area contributed by atoms with Gasteiger partial charge >= 0.3 is 0 Å². The van der Waals surface area contributed by atoms with E-state index in [4.69, 9.17) is 4.74 Å². The summed E-state index contributed by atoms with van der Waals surface area (Å²) in [5.41, 5.74) is 2.55. The fourth-order valence-corrected chi connectivity index (χ4v) is 1.74. The number of anilines is 1. The third-order valence-electron chi connectivity index (χ3n) is 2.89. The van der Waals surface area contributed by atoms with Crippen LogP contribution in [0.1, 0.15) is 39.2 Å². The van der Waals surface area contributed by atoms with Gasteiger partial charge in [-0.1, -0.05) is 20.8 Å². The van der Waals surface area contributed by atoms with Crippen LogP contribution in [0.5, 0.6) is 5.75 Å². The third kappa shape index (κ3) is 2.49. The average Bonchev–Trinajstić information content (AvgIpc) is 3.01. The van der Waals surface area contributed by atoms with E-state index >= 15 is 0 Å². The first-order chi connectivity index (χ1) is 7.50. The van der Waals surface area contributed by atoms with Crippen LogP contribution in [0.15, 0.2) is 18.2 Å². The summed E-state index contributed by atoms with van der Waals surface area (Å²) in [6.45, 7) is 6.67. The van der Waals surface area contributed by atoms with Crippen molar-refractivity contribution in [2.24, 2.45) is 0 Å². The van der Waals surface area contributed by atoms with Crippen LogP contribution in [0.2, 0.25) is 0 Å². The van der Waals surface area contributed by atoms with E-state index in [1.807, 2.05) is 7.05 Å². The summed E-state index contributed by atoms with van der Waals surface area (Å²) < 4.78 is 5.95. The number of benzene rings is 1. The minimum atomic E-state index is 0.122. The van der Waals surface area contributed by atoms with Crippen molar-refractivity contribution in [2.45, 2.75) is 45.1 Å². The minimum absolute atomic E-state index is 0.122.